The van der Waals surface area contributed by atoms with Crippen LogP contribution < -0.4 is 5.32 Å². The predicted octanol–water partition coefficient (Wildman–Crippen LogP) is 4.54. The van der Waals surface area contributed by atoms with E-state index in [0.29, 0.717) is 28.8 Å². The molecule has 1 fully saturated rings. The van der Waals surface area contributed by atoms with Crippen LogP contribution in [0.4, 0.5) is 10.1 Å². The highest BCUT2D eigenvalue weighted by Crippen LogP contribution is 2.25. The molecular weight excluding hydrogens is 412 g/mol. The average molecular weight is 431 g/mol. The smallest absolute Gasteiger partial charge is 0.238 e. The molecule has 1 amide bonds. The van der Waals surface area contributed by atoms with Crippen molar-refractivity contribution in [2.75, 3.05) is 38.0 Å². The van der Waals surface area contributed by atoms with E-state index in [1.54, 1.807) is 30.3 Å². The molecule has 0 atom stereocenters. The predicted molar refractivity (Wildman–Crippen MR) is 108 cm³/mol. The van der Waals surface area contributed by atoms with Gasteiger partial charge in [0.15, 0.2) is 0 Å². The summed E-state index contributed by atoms with van der Waals surface area (Å²) in [4.78, 5) is 16.6. The van der Waals surface area contributed by atoms with Crippen LogP contribution in [0.15, 0.2) is 36.4 Å². The summed E-state index contributed by atoms with van der Waals surface area (Å²) in [6.07, 6.45) is 0. The van der Waals surface area contributed by atoms with E-state index >= 15 is 0 Å². The molecule has 8 heteroatoms. The van der Waals surface area contributed by atoms with E-state index in [1.165, 1.54) is 6.07 Å². The average Bonchev–Trinajstić information content (AvgIpc) is 2.62. The lowest BCUT2D eigenvalue weighted by atomic mass is 10.2. The third-order valence-corrected chi connectivity index (χ3v) is 5.26. The van der Waals surface area contributed by atoms with Crippen LogP contribution in [0, 0.1) is 5.82 Å². The Kier molecular flexibility index (Phi) is 6.95. The zero-order chi connectivity index (χ0) is 19.4. The van der Waals surface area contributed by atoms with E-state index in [1.807, 2.05) is 0 Å². The molecule has 0 spiro atoms. The molecule has 0 unspecified atom stereocenters. The Hall–Kier alpha value is -1.37. The molecule has 3 rings (SSSR count). The molecule has 2 aromatic rings. The Labute approximate surface area is 172 Å². The van der Waals surface area contributed by atoms with E-state index < -0.39 is 5.82 Å². The summed E-state index contributed by atoms with van der Waals surface area (Å²) in [5.41, 5.74) is 1.53. The summed E-state index contributed by atoms with van der Waals surface area (Å²) in [5, 5.41) is 3.89. The summed E-state index contributed by atoms with van der Waals surface area (Å²) in [7, 11) is 0. The molecule has 4 nitrogen and oxygen atoms in total. The molecule has 0 radical (unpaired) electrons. The Morgan fingerprint density at radius 1 is 0.963 bits per heavy atom. The second-order valence-electron chi connectivity index (χ2n) is 6.47. The van der Waals surface area contributed by atoms with Crippen LogP contribution in [0.5, 0.6) is 0 Å². The number of nitrogens with one attached hydrogen (secondary N) is 1. The fourth-order valence-corrected chi connectivity index (χ4v) is 3.64. The van der Waals surface area contributed by atoms with Gasteiger partial charge in [-0.25, -0.2) is 4.39 Å². The van der Waals surface area contributed by atoms with Crippen molar-refractivity contribution in [2.24, 2.45) is 0 Å². The van der Waals surface area contributed by atoms with Crippen molar-refractivity contribution in [3.05, 3.63) is 62.8 Å². The van der Waals surface area contributed by atoms with Crippen molar-refractivity contribution in [3.8, 4) is 0 Å². The lowest BCUT2D eigenvalue weighted by molar-refractivity contribution is -0.117. The number of hydrogen-bond acceptors (Lipinski definition) is 3. The van der Waals surface area contributed by atoms with Gasteiger partial charge in [-0.05, 0) is 35.9 Å². The highest BCUT2D eigenvalue weighted by Gasteiger charge is 2.19. The molecule has 27 heavy (non-hydrogen) atoms. The van der Waals surface area contributed by atoms with E-state index in [0.717, 1.165) is 31.7 Å². The van der Waals surface area contributed by atoms with Gasteiger partial charge < -0.3 is 5.32 Å². The highest BCUT2D eigenvalue weighted by atomic mass is 35.5. The van der Waals surface area contributed by atoms with Gasteiger partial charge >= 0.3 is 0 Å². The summed E-state index contributed by atoms with van der Waals surface area (Å²) in [5.74, 6) is -0.518. The number of halogens is 4. The van der Waals surface area contributed by atoms with Crippen molar-refractivity contribution in [2.45, 2.75) is 6.54 Å². The van der Waals surface area contributed by atoms with Crippen molar-refractivity contribution in [1.82, 2.24) is 9.80 Å². The molecule has 2 aromatic carbocycles. The van der Waals surface area contributed by atoms with E-state index in [4.69, 9.17) is 34.8 Å². The summed E-state index contributed by atoms with van der Waals surface area (Å²) >= 11 is 17.8. The second kappa shape index (κ2) is 9.22. The molecule has 0 saturated carbocycles. The lowest BCUT2D eigenvalue weighted by Crippen LogP contribution is -2.48. The van der Waals surface area contributed by atoms with Crippen molar-refractivity contribution in [1.29, 1.82) is 0 Å². The maximum absolute atomic E-state index is 13.2. The van der Waals surface area contributed by atoms with Gasteiger partial charge in [0.25, 0.3) is 0 Å². The van der Waals surface area contributed by atoms with Crippen molar-refractivity contribution < 1.29 is 9.18 Å². The summed E-state index contributed by atoms with van der Waals surface area (Å²) in [6, 6.07) is 9.76. The monoisotopic (exact) mass is 429 g/mol. The molecule has 0 bridgehead atoms. The maximum Gasteiger partial charge on any atom is 0.238 e. The Morgan fingerprint density at radius 3 is 2.33 bits per heavy atom. The molecule has 1 saturated heterocycles. The molecule has 0 aromatic heterocycles. The number of rotatable bonds is 5. The molecule has 0 aliphatic carbocycles. The number of nitrogens with zero attached hydrogens (tertiary/aromatic N) is 2. The first kappa shape index (κ1) is 20.4. The minimum Gasteiger partial charge on any atom is -0.324 e. The fraction of sp³-hybridized carbons (Fsp3) is 0.316. The number of anilines is 1. The first-order valence-electron chi connectivity index (χ1n) is 8.54. The number of carbonyl (C=O) groups excluding carboxylic acids is 1. The number of carbonyl (C=O) groups is 1. The van der Waals surface area contributed by atoms with Gasteiger partial charge in [0.1, 0.15) is 5.82 Å². The number of amides is 1. The first-order chi connectivity index (χ1) is 12.9. The molecule has 1 heterocycles. The van der Waals surface area contributed by atoms with Crippen LogP contribution in [0.3, 0.4) is 0 Å². The lowest BCUT2D eigenvalue weighted by Gasteiger charge is -2.34. The summed E-state index contributed by atoms with van der Waals surface area (Å²) < 4.78 is 13.2. The van der Waals surface area contributed by atoms with E-state index in [2.05, 4.69) is 15.1 Å². The van der Waals surface area contributed by atoms with E-state index in [9.17, 15) is 9.18 Å². The van der Waals surface area contributed by atoms with Crippen molar-refractivity contribution in [3.63, 3.8) is 0 Å². The third kappa shape index (κ3) is 5.80. The minimum absolute atomic E-state index is 0.113. The Morgan fingerprint density at radius 2 is 1.67 bits per heavy atom. The second-order valence-corrected chi connectivity index (χ2v) is 7.72. The van der Waals surface area contributed by atoms with Gasteiger partial charge in [0, 0.05) is 37.7 Å². The van der Waals surface area contributed by atoms with Crippen LogP contribution >= 0.6 is 34.8 Å². The largest absolute Gasteiger partial charge is 0.324 e. The van der Waals surface area contributed by atoms with Gasteiger partial charge in [-0.15, -0.1) is 0 Å². The van der Waals surface area contributed by atoms with Crippen LogP contribution in [0.1, 0.15) is 5.56 Å². The zero-order valence-electron chi connectivity index (χ0n) is 14.5. The minimum atomic E-state index is -0.406. The Balaban J connectivity index is 1.46. The van der Waals surface area contributed by atoms with Crippen LogP contribution in [0.2, 0.25) is 15.1 Å². The zero-order valence-corrected chi connectivity index (χ0v) is 16.8. The van der Waals surface area contributed by atoms with Gasteiger partial charge in [-0.1, -0.05) is 40.9 Å². The molecule has 1 aliphatic heterocycles. The fourth-order valence-electron chi connectivity index (χ4n) is 2.99. The van der Waals surface area contributed by atoms with Crippen LogP contribution in [-0.2, 0) is 11.3 Å². The van der Waals surface area contributed by atoms with Crippen molar-refractivity contribution >= 4 is 46.4 Å². The van der Waals surface area contributed by atoms with Gasteiger partial charge in [0.2, 0.25) is 5.91 Å². The number of benzene rings is 2. The van der Waals surface area contributed by atoms with Gasteiger partial charge in [-0.2, -0.15) is 0 Å². The topological polar surface area (TPSA) is 35.6 Å². The highest BCUT2D eigenvalue weighted by molar-refractivity contribution is 6.36. The molecular formula is C19H19Cl3FN3O. The standard InChI is InChI=1S/C19H19Cl3FN3O/c20-14-2-4-18(16(22)10-14)24-19(27)12-26-7-5-25(6-8-26)11-13-1-3-17(23)15(21)9-13/h1-4,9-10H,5-8,11-12H2,(H,24,27). The van der Waals surface area contributed by atoms with Crippen LogP contribution in [0.25, 0.3) is 0 Å². The number of hydrogen-bond donors (Lipinski definition) is 1. The molecule has 144 valence electrons. The summed E-state index contributed by atoms with van der Waals surface area (Å²) in [6.45, 7) is 4.21. The van der Waals surface area contributed by atoms with E-state index in [-0.39, 0.29) is 10.9 Å². The number of piperazine rings is 1. The quantitative estimate of drug-likeness (QED) is 0.756. The van der Waals surface area contributed by atoms with Gasteiger partial charge in [0.05, 0.1) is 22.3 Å². The SMILES string of the molecule is O=C(CN1CCN(Cc2ccc(F)c(Cl)c2)CC1)Nc1ccc(Cl)cc1Cl. The normalized spacial score (nSPS) is 15.7. The maximum atomic E-state index is 13.2. The third-order valence-electron chi connectivity index (χ3n) is 4.43. The molecule has 1 N–H and O–H groups in total. The Bertz CT molecular complexity index is 826. The van der Waals surface area contributed by atoms with Crippen LogP contribution in [-0.4, -0.2) is 48.4 Å². The first-order valence-corrected chi connectivity index (χ1v) is 9.67. The van der Waals surface area contributed by atoms with Gasteiger partial charge in [-0.3, -0.25) is 14.6 Å². The molecule has 1 aliphatic rings.